The van der Waals surface area contributed by atoms with Crippen LogP contribution in [-0.2, 0) is 0 Å². The van der Waals surface area contributed by atoms with Crippen molar-refractivity contribution < 1.29 is 4.39 Å². The van der Waals surface area contributed by atoms with Crippen molar-refractivity contribution in [1.82, 2.24) is 0 Å². The average Bonchev–Trinajstić information content (AvgIpc) is 2.35. The van der Waals surface area contributed by atoms with E-state index in [1.807, 2.05) is 19.1 Å². The minimum absolute atomic E-state index is 0.334. The molecule has 0 bridgehead atoms. The van der Waals surface area contributed by atoms with E-state index in [0.29, 0.717) is 22.6 Å². The SMILES string of the molecule is Cc1cccc(F)c1Nc1ccc(C#N)cc1N. The molecule has 2 aromatic rings. The smallest absolute Gasteiger partial charge is 0.146 e. The van der Waals surface area contributed by atoms with Crippen LogP contribution in [0.15, 0.2) is 36.4 Å². The maximum atomic E-state index is 13.7. The predicted octanol–water partition coefficient (Wildman–Crippen LogP) is 3.33. The van der Waals surface area contributed by atoms with E-state index in [2.05, 4.69) is 5.32 Å². The van der Waals surface area contributed by atoms with E-state index in [9.17, 15) is 4.39 Å². The Morgan fingerprint density at radius 2 is 2.06 bits per heavy atom. The van der Waals surface area contributed by atoms with E-state index in [4.69, 9.17) is 11.0 Å². The van der Waals surface area contributed by atoms with Crippen molar-refractivity contribution in [3.8, 4) is 6.07 Å². The van der Waals surface area contributed by atoms with Crippen LogP contribution >= 0.6 is 0 Å². The number of para-hydroxylation sites is 1. The molecule has 0 radical (unpaired) electrons. The van der Waals surface area contributed by atoms with E-state index in [1.54, 1.807) is 24.3 Å². The maximum absolute atomic E-state index is 13.7. The number of rotatable bonds is 2. The van der Waals surface area contributed by atoms with E-state index in [0.717, 1.165) is 5.56 Å². The normalized spacial score (nSPS) is 9.83. The van der Waals surface area contributed by atoms with Crippen molar-refractivity contribution in [3.05, 3.63) is 53.3 Å². The van der Waals surface area contributed by atoms with Crippen LogP contribution in [0.3, 0.4) is 0 Å². The second-order valence-corrected chi connectivity index (χ2v) is 3.97. The zero-order chi connectivity index (χ0) is 13.1. The first-order chi connectivity index (χ1) is 8.61. The summed E-state index contributed by atoms with van der Waals surface area (Å²) in [6.07, 6.45) is 0. The molecule has 4 heteroatoms. The summed E-state index contributed by atoms with van der Waals surface area (Å²) < 4.78 is 13.7. The molecule has 3 N–H and O–H groups in total. The molecule has 0 aliphatic rings. The Balaban J connectivity index is 2.38. The Labute approximate surface area is 105 Å². The number of hydrogen-bond donors (Lipinski definition) is 2. The second-order valence-electron chi connectivity index (χ2n) is 3.97. The molecule has 18 heavy (non-hydrogen) atoms. The highest BCUT2D eigenvalue weighted by molar-refractivity contribution is 5.75. The van der Waals surface area contributed by atoms with Crippen molar-refractivity contribution in [2.75, 3.05) is 11.1 Å². The van der Waals surface area contributed by atoms with Gasteiger partial charge in [-0.2, -0.15) is 5.26 Å². The van der Waals surface area contributed by atoms with Gasteiger partial charge in [-0.1, -0.05) is 12.1 Å². The number of anilines is 3. The minimum atomic E-state index is -0.334. The molecule has 0 saturated carbocycles. The molecule has 0 atom stereocenters. The van der Waals surface area contributed by atoms with Crippen LogP contribution in [0, 0.1) is 24.1 Å². The van der Waals surface area contributed by atoms with Gasteiger partial charge in [0.1, 0.15) is 5.82 Å². The fourth-order valence-electron chi connectivity index (χ4n) is 1.67. The van der Waals surface area contributed by atoms with Crippen molar-refractivity contribution in [2.45, 2.75) is 6.92 Å². The summed E-state index contributed by atoms with van der Waals surface area (Å²) in [7, 11) is 0. The summed E-state index contributed by atoms with van der Waals surface area (Å²) in [5.41, 5.74) is 8.47. The van der Waals surface area contributed by atoms with Gasteiger partial charge in [0.15, 0.2) is 0 Å². The van der Waals surface area contributed by atoms with Crippen LogP contribution in [-0.4, -0.2) is 0 Å². The fourth-order valence-corrected chi connectivity index (χ4v) is 1.67. The highest BCUT2D eigenvalue weighted by Gasteiger charge is 2.07. The Kier molecular flexibility index (Phi) is 3.16. The van der Waals surface area contributed by atoms with Crippen LogP contribution in [0.4, 0.5) is 21.5 Å². The first kappa shape index (κ1) is 11.9. The standard InChI is InChI=1S/C14H12FN3/c1-9-3-2-4-11(15)14(9)18-13-6-5-10(8-16)7-12(13)17/h2-7,18H,17H2,1H3. The molecule has 0 spiro atoms. The van der Waals surface area contributed by atoms with Gasteiger partial charge in [-0.3, -0.25) is 0 Å². The van der Waals surface area contributed by atoms with Crippen LogP contribution in [0.1, 0.15) is 11.1 Å². The Morgan fingerprint density at radius 3 is 2.67 bits per heavy atom. The first-order valence-corrected chi connectivity index (χ1v) is 5.43. The van der Waals surface area contributed by atoms with Crippen molar-refractivity contribution >= 4 is 17.1 Å². The number of benzene rings is 2. The summed E-state index contributed by atoms with van der Waals surface area (Å²) >= 11 is 0. The van der Waals surface area contributed by atoms with Crippen molar-refractivity contribution in [1.29, 1.82) is 5.26 Å². The summed E-state index contributed by atoms with van der Waals surface area (Å²) in [6.45, 7) is 1.81. The van der Waals surface area contributed by atoms with Gasteiger partial charge < -0.3 is 11.1 Å². The highest BCUT2D eigenvalue weighted by Crippen LogP contribution is 2.27. The first-order valence-electron chi connectivity index (χ1n) is 5.43. The van der Waals surface area contributed by atoms with Gasteiger partial charge in [0.25, 0.3) is 0 Å². The fraction of sp³-hybridized carbons (Fsp3) is 0.0714. The lowest BCUT2D eigenvalue weighted by Crippen LogP contribution is -2.00. The Hall–Kier alpha value is -2.54. The number of nitrogens with one attached hydrogen (secondary N) is 1. The lowest BCUT2D eigenvalue weighted by atomic mass is 10.1. The number of aryl methyl sites for hydroxylation is 1. The highest BCUT2D eigenvalue weighted by atomic mass is 19.1. The summed E-state index contributed by atoms with van der Waals surface area (Å²) in [5, 5.41) is 11.7. The number of nitriles is 1. The third-order valence-corrected chi connectivity index (χ3v) is 2.66. The van der Waals surface area contributed by atoms with Crippen LogP contribution in [0.5, 0.6) is 0 Å². The maximum Gasteiger partial charge on any atom is 0.146 e. The lowest BCUT2D eigenvalue weighted by Gasteiger charge is -2.12. The van der Waals surface area contributed by atoms with E-state index < -0.39 is 0 Å². The van der Waals surface area contributed by atoms with Crippen molar-refractivity contribution in [3.63, 3.8) is 0 Å². The Bertz CT molecular complexity index is 609. The average molecular weight is 241 g/mol. The molecule has 2 rings (SSSR count). The molecular formula is C14H12FN3. The third-order valence-electron chi connectivity index (χ3n) is 2.66. The van der Waals surface area contributed by atoms with Gasteiger partial charge in [0, 0.05) is 0 Å². The summed E-state index contributed by atoms with van der Waals surface area (Å²) in [5.74, 6) is -0.334. The second kappa shape index (κ2) is 4.76. The number of hydrogen-bond acceptors (Lipinski definition) is 3. The van der Waals surface area contributed by atoms with Gasteiger partial charge in [0.2, 0.25) is 0 Å². The lowest BCUT2D eigenvalue weighted by molar-refractivity contribution is 0.631. The third kappa shape index (κ3) is 2.25. The quantitative estimate of drug-likeness (QED) is 0.793. The molecule has 0 heterocycles. The van der Waals surface area contributed by atoms with E-state index in [1.165, 1.54) is 6.07 Å². The predicted molar refractivity (Wildman–Crippen MR) is 70.0 cm³/mol. The topological polar surface area (TPSA) is 61.8 Å². The zero-order valence-corrected chi connectivity index (χ0v) is 9.87. The van der Waals surface area contributed by atoms with Gasteiger partial charge in [-0.25, -0.2) is 4.39 Å². The molecule has 0 unspecified atom stereocenters. The van der Waals surface area contributed by atoms with Gasteiger partial charge >= 0.3 is 0 Å². The summed E-state index contributed by atoms with van der Waals surface area (Å²) in [4.78, 5) is 0. The van der Waals surface area contributed by atoms with E-state index >= 15 is 0 Å². The summed E-state index contributed by atoms with van der Waals surface area (Å²) in [6, 6.07) is 11.7. The Morgan fingerprint density at radius 1 is 1.28 bits per heavy atom. The number of halogens is 1. The molecule has 2 aromatic carbocycles. The van der Waals surface area contributed by atoms with Crippen LogP contribution < -0.4 is 11.1 Å². The largest absolute Gasteiger partial charge is 0.397 e. The van der Waals surface area contributed by atoms with Crippen LogP contribution in [0.2, 0.25) is 0 Å². The zero-order valence-electron chi connectivity index (χ0n) is 9.87. The molecule has 0 saturated heterocycles. The number of nitrogens with two attached hydrogens (primary N) is 1. The molecule has 0 amide bonds. The van der Waals surface area contributed by atoms with Crippen molar-refractivity contribution in [2.24, 2.45) is 0 Å². The molecule has 0 aliphatic heterocycles. The minimum Gasteiger partial charge on any atom is -0.397 e. The molecule has 0 fully saturated rings. The van der Waals surface area contributed by atoms with Crippen LogP contribution in [0.25, 0.3) is 0 Å². The molecule has 3 nitrogen and oxygen atoms in total. The molecule has 90 valence electrons. The van der Waals surface area contributed by atoms with Gasteiger partial charge in [-0.15, -0.1) is 0 Å². The molecule has 0 aliphatic carbocycles. The van der Waals surface area contributed by atoms with E-state index in [-0.39, 0.29) is 5.82 Å². The molecule has 0 aromatic heterocycles. The molecular weight excluding hydrogens is 229 g/mol. The monoisotopic (exact) mass is 241 g/mol. The number of nitrogens with zero attached hydrogens (tertiary/aromatic N) is 1. The number of nitrogen functional groups attached to an aromatic ring is 1. The van der Waals surface area contributed by atoms with Gasteiger partial charge in [-0.05, 0) is 36.8 Å². The van der Waals surface area contributed by atoms with Gasteiger partial charge in [0.05, 0.1) is 28.7 Å².